The molecule has 1 unspecified atom stereocenters. The molecule has 0 aromatic heterocycles. The Hall–Kier alpha value is -2.62. The number of benzene rings is 3. The molecule has 0 heterocycles. The normalized spacial score (nSPS) is 12.1. The summed E-state index contributed by atoms with van der Waals surface area (Å²) in [4.78, 5) is 2.30. The Labute approximate surface area is 168 Å². The Balaban J connectivity index is 1.58. The first-order chi connectivity index (χ1) is 13.7. The molecule has 0 radical (unpaired) electrons. The number of hydrogen-bond acceptors (Lipinski definition) is 3. The minimum absolute atomic E-state index is 0.293. The fraction of sp³-hybridized carbons (Fsp3) is 0.280. The second kappa shape index (κ2) is 10.6. The first kappa shape index (κ1) is 20.1. The molecule has 1 atom stereocenters. The third kappa shape index (κ3) is 6.52. The molecule has 0 amide bonds. The van der Waals surface area contributed by atoms with Gasteiger partial charge in [0.2, 0.25) is 0 Å². The maximum atomic E-state index is 10.6. The van der Waals surface area contributed by atoms with E-state index in [0.717, 1.165) is 30.8 Å². The summed E-state index contributed by atoms with van der Waals surface area (Å²) in [6.07, 6.45) is 0.415. The van der Waals surface area contributed by atoms with Crippen LogP contribution in [-0.2, 0) is 13.0 Å². The van der Waals surface area contributed by atoms with E-state index in [2.05, 4.69) is 53.4 Å². The molecule has 3 rings (SSSR count). The molecule has 0 saturated heterocycles. The highest BCUT2D eigenvalue weighted by Crippen LogP contribution is 2.16. The van der Waals surface area contributed by atoms with Crippen LogP contribution in [0.15, 0.2) is 84.9 Å². The smallest absolute Gasteiger partial charge is 0.122 e. The number of nitrogens with zero attached hydrogens (tertiary/aromatic N) is 1. The molecule has 0 aliphatic carbocycles. The molecular formula is C25H29NO2. The summed E-state index contributed by atoms with van der Waals surface area (Å²) in [6.45, 7) is 4.59. The van der Waals surface area contributed by atoms with Crippen molar-refractivity contribution in [2.24, 2.45) is 0 Å². The molecular weight excluding hydrogens is 346 g/mol. The van der Waals surface area contributed by atoms with Crippen LogP contribution in [-0.4, -0.2) is 35.8 Å². The van der Waals surface area contributed by atoms with E-state index in [1.165, 1.54) is 11.1 Å². The highest BCUT2D eigenvalue weighted by molar-refractivity contribution is 5.31. The molecule has 146 valence electrons. The third-order valence-electron chi connectivity index (χ3n) is 4.80. The van der Waals surface area contributed by atoms with E-state index in [1.807, 2.05) is 43.3 Å². The maximum Gasteiger partial charge on any atom is 0.122 e. The van der Waals surface area contributed by atoms with Gasteiger partial charge in [0.1, 0.15) is 18.5 Å². The van der Waals surface area contributed by atoms with Crippen LogP contribution in [0.1, 0.15) is 16.7 Å². The van der Waals surface area contributed by atoms with Crippen molar-refractivity contribution in [3.05, 3.63) is 102 Å². The van der Waals surface area contributed by atoms with Crippen LogP contribution in [0.25, 0.3) is 0 Å². The van der Waals surface area contributed by atoms with E-state index in [-0.39, 0.29) is 0 Å². The molecule has 0 spiro atoms. The lowest BCUT2D eigenvalue weighted by molar-refractivity contribution is 0.0657. The highest BCUT2D eigenvalue weighted by atomic mass is 16.5. The predicted molar refractivity (Wildman–Crippen MR) is 115 cm³/mol. The molecule has 0 saturated carbocycles. The second-order valence-corrected chi connectivity index (χ2v) is 7.19. The molecule has 0 fully saturated rings. The number of para-hydroxylation sites is 1. The minimum atomic E-state index is -0.543. The number of rotatable bonds is 10. The monoisotopic (exact) mass is 375 g/mol. The lowest BCUT2D eigenvalue weighted by atomic mass is 10.1. The van der Waals surface area contributed by atoms with Crippen LogP contribution in [0.2, 0.25) is 0 Å². The van der Waals surface area contributed by atoms with Crippen LogP contribution in [0, 0.1) is 6.92 Å². The number of aliphatic hydroxyl groups excluding tert-OH is 1. The van der Waals surface area contributed by atoms with Crippen molar-refractivity contribution in [2.75, 3.05) is 19.7 Å². The first-order valence-corrected chi connectivity index (χ1v) is 9.87. The quantitative estimate of drug-likeness (QED) is 0.567. The van der Waals surface area contributed by atoms with Gasteiger partial charge in [0.15, 0.2) is 0 Å². The van der Waals surface area contributed by atoms with Gasteiger partial charge in [0.05, 0.1) is 0 Å². The van der Waals surface area contributed by atoms with E-state index < -0.39 is 6.10 Å². The molecule has 0 aliphatic heterocycles. The third-order valence-corrected chi connectivity index (χ3v) is 4.80. The van der Waals surface area contributed by atoms with Gasteiger partial charge in [-0.25, -0.2) is 0 Å². The van der Waals surface area contributed by atoms with Crippen molar-refractivity contribution in [3.63, 3.8) is 0 Å². The zero-order valence-corrected chi connectivity index (χ0v) is 16.5. The summed E-state index contributed by atoms with van der Waals surface area (Å²) < 4.78 is 5.84. The molecule has 28 heavy (non-hydrogen) atoms. The number of ether oxygens (including phenoxy) is 1. The molecule has 3 heteroatoms. The standard InChI is InChI=1S/C25H29NO2/c1-21-10-8-9-15-25(21)28-20-24(27)19-26(18-23-13-6-3-7-14-23)17-16-22-11-4-2-5-12-22/h2-15,24,27H,16-20H2,1H3. The van der Waals surface area contributed by atoms with Crippen LogP contribution in [0.5, 0.6) is 5.75 Å². The highest BCUT2D eigenvalue weighted by Gasteiger charge is 2.14. The summed E-state index contributed by atoms with van der Waals surface area (Å²) in [5.41, 5.74) is 3.65. The Morgan fingerprint density at radius 2 is 1.43 bits per heavy atom. The van der Waals surface area contributed by atoms with Gasteiger partial charge >= 0.3 is 0 Å². The van der Waals surface area contributed by atoms with Gasteiger partial charge in [-0.2, -0.15) is 0 Å². The molecule has 3 aromatic rings. The van der Waals surface area contributed by atoms with Crippen molar-refractivity contribution in [1.82, 2.24) is 4.90 Å². The van der Waals surface area contributed by atoms with Crippen molar-refractivity contribution < 1.29 is 9.84 Å². The van der Waals surface area contributed by atoms with Gasteiger partial charge in [-0.3, -0.25) is 4.90 Å². The summed E-state index contributed by atoms with van der Waals surface area (Å²) >= 11 is 0. The summed E-state index contributed by atoms with van der Waals surface area (Å²) in [5.74, 6) is 0.834. The van der Waals surface area contributed by atoms with Crippen molar-refractivity contribution in [3.8, 4) is 5.75 Å². The number of aryl methyl sites for hydroxylation is 1. The lowest BCUT2D eigenvalue weighted by Crippen LogP contribution is -2.36. The second-order valence-electron chi connectivity index (χ2n) is 7.19. The Morgan fingerprint density at radius 3 is 2.11 bits per heavy atom. The first-order valence-electron chi connectivity index (χ1n) is 9.87. The lowest BCUT2D eigenvalue weighted by Gasteiger charge is -2.25. The Bertz CT molecular complexity index is 820. The molecule has 3 nitrogen and oxygen atoms in total. The Morgan fingerprint density at radius 1 is 0.821 bits per heavy atom. The van der Waals surface area contributed by atoms with Gasteiger partial charge in [0, 0.05) is 19.6 Å². The molecule has 0 bridgehead atoms. The molecule has 3 aromatic carbocycles. The predicted octanol–water partition coefficient (Wildman–Crippen LogP) is 4.48. The van der Waals surface area contributed by atoms with Crippen LogP contribution in [0.3, 0.4) is 0 Å². The van der Waals surface area contributed by atoms with Crippen LogP contribution >= 0.6 is 0 Å². The van der Waals surface area contributed by atoms with Crippen molar-refractivity contribution in [1.29, 1.82) is 0 Å². The van der Waals surface area contributed by atoms with Crippen LogP contribution < -0.4 is 4.74 Å². The SMILES string of the molecule is Cc1ccccc1OCC(O)CN(CCc1ccccc1)Cc1ccccc1. The van der Waals surface area contributed by atoms with Gasteiger partial charge < -0.3 is 9.84 Å². The van der Waals surface area contributed by atoms with Gasteiger partial charge in [0.25, 0.3) is 0 Å². The fourth-order valence-corrected chi connectivity index (χ4v) is 3.26. The van der Waals surface area contributed by atoms with Gasteiger partial charge in [-0.1, -0.05) is 78.9 Å². The largest absolute Gasteiger partial charge is 0.491 e. The Kier molecular flexibility index (Phi) is 7.65. The average molecular weight is 376 g/mol. The number of hydrogen-bond donors (Lipinski definition) is 1. The minimum Gasteiger partial charge on any atom is -0.491 e. The summed E-state index contributed by atoms with van der Waals surface area (Å²) in [6, 6.07) is 28.8. The maximum absolute atomic E-state index is 10.6. The van der Waals surface area contributed by atoms with E-state index >= 15 is 0 Å². The fourth-order valence-electron chi connectivity index (χ4n) is 3.26. The van der Waals surface area contributed by atoms with E-state index in [1.54, 1.807) is 0 Å². The summed E-state index contributed by atoms with van der Waals surface area (Å²) in [5, 5.41) is 10.6. The average Bonchev–Trinajstić information content (AvgIpc) is 2.73. The van der Waals surface area contributed by atoms with E-state index in [4.69, 9.17) is 4.74 Å². The van der Waals surface area contributed by atoms with Gasteiger partial charge in [-0.05, 0) is 36.1 Å². The molecule has 1 N–H and O–H groups in total. The topological polar surface area (TPSA) is 32.7 Å². The van der Waals surface area contributed by atoms with Crippen molar-refractivity contribution in [2.45, 2.75) is 26.0 Å². The zero-order chi connectivity index (χ0) is 19.6. The number of aliphatic hydroxyl groups is 1. The zero-order valence-electron chi connectivity index (χ0n) is 16.5. The van der Waals surface area contributed by atoms with Crippen molar-refractivity contribution >= 4 is 0 Å². The van der Waals surface area contributed by atoms with Crippen LogP contribution in [0.4, 0.5) is 0 Å². The van der Waals surface area contributed by atoms with E-state index in [9.17, 15) is 5.11 Å². The van der Waals surface area contributed by atoms with E-state index in [0.29, 0.717) is 13.2 Å². The molecule has 0 aliphatic rings. The van der Waals surface area contributed by atoms with Gasteiger partial charge in [-0.15, -0.1) is 0 Å². The summed E-state index contributed by atoms with van der Waals surface area (Å²) in [7, 11) is 0.